The maximum Gasteiger partial charge on any atom is 0.409 e. The Labute approximate surface area is 118 Å². The van der Waals surface area contributed by atoms with Gasteiger partial charge in [0.05, 0.1) is 6.54 Å². The van der Waals surface area contributed by atoms with Crippen LogP contribution in [0, 0.1) is 0 Å². The summed E-state index contributed by atoms with van der Waals surface area (Å²) in [6.45, 7) is 1.91. The van der Waals surface area contributed by atoms with Gasteiger partial charge in [-0.2, -0.15) is 0 Å². The topological polar surface area (TPSA) is 61.9 Å². The summed E-state index contributed by atoms with van der Waals surface area (Å²) in [5.74, 6) is -0.136. The van der Waals surface area contributed by atoms with Crippen LogP contribution in [0.15, 0.2) is 24.3 Å². The Hall–Kier alpha value is -2.24. The molecule has 0 unspecified atom stereocenters. The lowest BCUT2D eigenvalue weighted by atomic mass is 10.2. The van der Waals surface area contributed by atoms with Crippen LogP contribution < -0.4 is 10.2 Å². The van der Waals surface area contributed by atoms with Crippen molar-refractivity contribution in [2.24, 2.45) is 0 Å². The van der Waals surface area contributed by atoms with E-state index in [4.69, 9.17) is 4.74 Å². The van der Waals surface area contributed by atoms with E-state index in [1.807, 2.05) is 31.1 Å². The van der Waals surface area contributed by atoms with E-state index >= 15 is 0 Å². The van der Waals surface area contributed by atoms with Gasteiger partial charge in [-0.3, -0.25) is 4.79 Å². The van der Waals surface area contributed by atoms with Gasteiger partial charge in [0, 0.05) is 38.4 Å². The van der Waals surface area contributed by atoms with Crippen LogP contribution in [0.1, 0.15) is 10.4 Å². The predicted octanol–water partition coefficient (Wildman–Crippen LogP) is 0.935. The van der Waals surface area contributed by atoms with Gasteiger partial charge < -0.3 is 19.9 Å². The first-order chi connectivity index (χ1) is 9.58. The molecule has 2 amide bonds. The van der Waals surface area contributed by atoms with E-state index in [1.165, 1.54) is 0 Å². The Morgan fingerprint density at radius 3 is 2.60 bits per heavy atom. The summed E-state index contributed by atoms with van der Waals surface area (Å²) in [5.41, 5.74) is 1.65. The molecule has 0 spiro atoms. The standard InChI is InChI=1S/C14H19N3O3/c1-16(2)12-5-3-11(4-6-12)13(18)15-7-8-17-9-10-20-14(17)19/h3-6H,7-10H2,1-2H3,(H,15,18). The third-order valence-electron chi connectivity index (χ3n) is 3.16. The van der Waals surface area contributed by atoms with Crippen molar-refractivity contribution in [3.63, 3.8) is 0 Å². The highest BCUT2D eigenvalue weighted by molar-refractivity contribution is 5.94. The van der Waals surface area contributed by atoms with Crippen molar-refractivity contribution >= 4 is 17.7 Å². The van der Waals surface area contributed by atoms with Crippen molar-refractivity contribution in [3.05, 3.63) is 29.8 Å². The molecule has 0 atom stereocenters. The van der Waals surface area contributed by atoms with E-state index < -0.39 is 0 Å². The van der Waals surface area contributed by atoms with E-state index in [0.29, 0.717) is 31.8 Å². The molecular formula is C14H19N3O3. The van der Waals surface area contributed by atoms with Gasteiger partial charge in [-0.05, 0) is 24.3 Å². The van der Waals surface area contributed by atoms with E-state index in [9.17, 15) is 9.59 Å². The van der Waals surface area contributed by atoms with Crippen molar-refractivity contribution < 1.29 is 14.3 Å². The van der Waals surface area contributed by atoms with Gasteiger partial charge in [0.2, 0.25) is 0 Å². The SMILES string of the molecule is CN(C)c1ccc(C(=O)NCCN2CCOC2=O)cc1. The van der Waals surface area contributed by atoms with Crippen LogP contribution in [0.3, 0.4) is 0 Å². The fourth-order valence-electron chi connectivity index (χ4n) is 1.95. The van der Waals surface area contributed by atoms with Crippen LogP contribution >= 0.6 is 0 Å². The molecular weight excluding hydrogens is 258 g/mol. The summed E-state index contributed by atoms with van der Waals surface area (Å²) < 4.78 is 4.81. The maximum absolute atomic E-state index is 11.9. The molecule has 6 nitrogen and oxygen atoms in total. The van der Waals surface area contributed by atoms with E-state index in [-0.39, 0.29) is 12.0 Å². The second-order valence-corrected chi connectivity index (χ2v) is 4.80. The number of cyclic esters (lactones) is 1. The number of amides is 2. The van der Waals surface area contributed by atoms with E-state index in [2.05, 4.69) is 5.32 Å². The number of benzene rings is 1. The summed E-state index contributed by atoms with van der Waals surface area (Å²) >= 11 is 0. The van der Waals surface area contributed by atoms with E-state index in [1.54, 1.807) is 17.0 Å². The molecule has 1 heterocycles. The van der Waals surface area contributed by atoms with Gasteiger partial charge in [-0.1, -0.05) is 0 Å². The predicted molar refractivity (Wildman–Crippen MR) is 76.0 cm³/mol. The zero-order valence-corrected chi connectivity index (χ0v) is 11.8. The van der Waals surface area contributed by atoms with Gasteiger partial charge in [-0.25, -0.2) is 4.79 Å². The van der Waals surface area contributed by atoms with Crippen LogP contribution in [0.2, 0.25) is 0 Å². The number of rotatable bonds is 5. The summed E-state index contributed by atoms with van der Waals surface area (Å²) in [7, 11) is 3.90. The van der Waals surface area contributed by atoms with Gasteiger partial charge in [0.25, 0.3) is 5.91 Å². The first kappa shape index (κ1) is 14.2. The zero-order chi connectivity index (χ0) is 14.5. The van der Waals surface area contributed by atoms with E-state index in [0.717, 1.165) is 5.69 Å². The first-order valence-electron chi connectivity index (χ1n) is 6.55. The maximum atomic E-state index is 11.9. The zero-order valence-electron chi connectivity index (χ0n) is 11.8. The van der Waals surface area contributed by atoms with Gasteiger partial charge in [0.15, 0.2) is 0 Å². The molecule has 1 aromatic carbocycles. The molecule has 20 heavy (non-hydrogen) atoms. The number of ether oxygens (including phenoxy) is 1. The average Bonchev–Trinajstić information content (AvgIpc) is 2.84. The minimum absolute atomic E-state index is 0.136. The lowest BCUT2D eigenvalue weighted by molar-refractivity contribution is 0.0949. The fourth-order valence-corrected chi connectivity index (χ4v) is 1.95. The molecule has 0 aliphatic carbocycles. The molecule has 0 radical (unpaired) electrons. The quantitative estimate of drug-likeness (QED) is 0.870. The Morgan fingerprint density at radius 1 is 1.35 bits per heavy atom. The molecule has 0 saturated carbocycles. The molecule has 1 aromatic rings. The van der Waals surface area contributed by atoms with Gasteiger partial charge >= 0.3 is 6.09 Å². The largest absolute Gasteiger partial charge is 0.448 e. The number of nitrogens with one attached hydrogen (secondary N) is 1. The van der Waals surface area contributed by atoms with Gasteiger partial charge in [-0.15, -0.1) is 0 Å². The molecule has 1 N–H and O–H groups in total. The monoisotopic (exact) mass is 277 g/mol. The Balaban J connectivity index is 1.81. The summed E-state index contributed by atoms with van der Waals surface area (Å²) in [5, 5.41) is 2.79. The fraction of sp³-hybridized carbons (Fsp3) is 0.429. The number of anilines is 1. The highest BCUT2D eigenvalue weighted by atomic mass is 16.6. The van der Waals surface area contributed by atoms with Crippen molar-refractivity contribution in [1.82, 2.24) is 10.2 Å². The third kappa shape index (κ3) is 3.40. The Bertz CT molecular complexity index is 485. The highest BCUT2D eigenvalue weighted by Crippen LogP contribution is 2.12. The van der Waals surface area contributed by atoms with Gasteiger partial charge in [0.1, 0.15) is 6.61 Å². The molecule has 1 aliphatic heterocycles. The molecule has 2 rings (SSSR count). The van der Waals surface area contributed by atoms with Crippen LogP contribution in [-0.4, -0.2) is 57.2 Å². The highest BCUT2D eigenvalue weighted by Gasteiger charge is 2.21. The van der Waals surface area contributed by atoms with Crippen LogP contribution in [0.4, 0.5) is 10.5 Å². The number of carbonyl (C=O) groups excluding carboxylic acids is 2. The molecule has 1 aliphatic rings. The van der Waals surface area contributed by atoms with Crippen LogP contribution in [-0.2, 0) is 4.74 Å². The van der Waals surface area contributed by atoms with Crippen LogP contribution in [0.5, 0.6) is 0 Å². The molecule has 1 saturated heterocycles. The normalized spacial score (nSPS) is 14.1. The lowest BCUT2D eigenvalue weighted by Crippen LogP contribution is -2.35. The number of carbonyl (C=O) groups is 2. The second kappa shape index (κ2) is 6.27. The number of hydrogen-bond acceptors (Lipinski definition) is 4. The molecule has 6 heteroatoms. The van der Waals surface area contributed by atoms with Crippen molar-refractivity contribution in [3.8, 4) is 0 Å². The smallest absolute Gasteiger partial charge is 0.409 e. The summed E-state index contributed by atoms with van der Waals surface area (Å²) in [6.07, 6.45) is -0.311. The minimum atomic E-state index is -0.311. The van der Waals surface area contributed by atoms with Crippen LogP contribution in [0.25, 0.3) is 0 Å². The average molecular weight is 277 g/mol. The Morgan fingerprint density at radius 2 is 2.05 bits per heavy atom. The Kier molecular flexibility index (Phi) is 4.45. The molecule has 108 valence electrons. The molecule has 0 aromatic heterocycles. The second-order valence-electron chi connectivity index (χ2n) is 4.80. The summed E-state index contributed by atoms with van der Waals surface area (Å²) in [6, 6.07) is 7.36. The number of hydrogen-bond donors (Lipinski definition) is 1. The minimum Gasteiger partial charge on any atom is -0.448 e. The van der Waals surface area contributed by atoms with Crippen molar-refractivity contribution in [1.29, 1.82) is 0 Å². The van der Waals surface area contributed by atoms with Crippen molar-refractivity contribution in [2.45, 2.75) is 0 Å². The lowest BCUT2D eigenvalue weighted by Gasteiger charge is -2.14. The molecule has 0 bridgehead atoms. The molecule has 1 fully saturated rings. The number of nitrogens with zero attached hydrogens (tertiary/aromatic N) is 2. The first-order valence-corrected chi connectivity index (χ1v) is 6.55. The third-order valence-corrected chi connectivity index (χ3v) is 3.16. The summed E-state index contributed by atoms with van der Waals surface area (Å²) in [4.78, 5) is 26.7. The van der Waals surface area contributed by atoms with Crippen molar-refractivity contribution in [2.75, 3.05) is 45.2 Å².